The largest absolute Gasteiger partial charge is 0.367 e. The van der Waals surface area contributed by atoms with Crippen molar-refractivity contribution in [2.24, 2.45) is 5.10 Å². The molecule has 1 heterocycles. The first-order chi connectivity index (χ1) is 8.15. The van der Waals surface area contributed by atoms with Crippen molar-refractivity contribution >= 4 is 17.9 Å². The van der Waals surface area contributed by atoms with E-state index in [2.05, 4.69) is 5.10 Å². The molecular formula is C13H14ClN3. The molecule has 0 amide bonds. The van der Waals surface area contributed by atoms with Gasteiger partial charge in [0.15, 0.2) is 0 Å². The minimum Gasteiger partial charge on any atom is -0.367 e. The van der Waals surface area contributed by atoms with Crippen LogP contribution in [0.3, 0.4) is 0 Å². The third kappa shape index (κ3) is 3.11. The van der Waals surface area contributed by atoms with Gasteiger partial charge in [-0.15, -0.1) is 0 Å². The molecule has 0 saturated heterocycles. The van der Waals surface area contributed by atoms with E-state index in [0.29, 0.717) is 0 Å². The number of rotatable bonds is 3. The Morgan fingerprint density at radius 2 is 1.82 bits per heavy atom. The molecular weight excluding hydrogens is 234 g/mol. The number of nitrogens with zero attached hydrogens (tertiary/aromatic N) is 3. The summed E-state index contributed by atoms with van der Waals surface area (Å²) in [6.07, 6.45) is 5.65. The zero-order chi connectivity index (χ0) is 12.3. The van der Waals surface area contributed by atoms with Gasteiger partial charge in [0.1, 0.15) is 6.34 Å². The van der Waals surface area contributed by atoms with Crippen molar-refractivity contribution in [1.29, 1.82) is 0 Å². The lowest BCUT2D eigenvalue weighted by atomic mass is 10.1. The second-order valence-electron chi connectivity index (χ2n) is 3.98. The topological polar surface area (TPSA) is 20.5 Å². The Morgan fingerprint density at radius 1 is 1.12 bits per heavy atom. The lowest BCUT2D eigenvalue weighted by molar-refractivity contribution is 0.632. The molecule has 0 N–H and O–H groups in total. The Kier molecular flexibility index (Phi) is 3.49. The van der Waals surface area contributed by atoms with Gasteiger partial charge in [0.25, 0.3) is 0 Å². The van der Waals surface area contributed by atoms with Gasteiger partial charge in [-0.25, -0.2) is 4.68 Å². The molecule has 1 aromatic carbocycles. The van der Waals surface area contributed by atoms with Gasteiger partial charge in [-0.1, -0.05) is 23.7 Å². The molecule has 1 aromatic heterocycles. The molecule has 3 nitrogen and oxygen atoms in total. The van der Waals surface area contributed by atoms with Crippen molar-refractivity contribution in [3.05, 3.63) is 47.7 Å². The van der Waals surface area contributed by atoms with Crippen LogP contribution in [0.25, 0.3) is 11.1 Å². The standard InChI is InChI=1S/C13H14ClN3/c1-16(2)10-15-17-8-7-12(9-17)11-3-5-13(14)6-4-11/h3-10H,1-2H3/b15-10-. The summed E-state index contributed by atoms with van der Waals surface area (Å²) in [6, 6.07) is 9.79. The van der Waals surface area contributed by atoms with Gasteiger partial charge in [-0.3, -0.25) is 0 Å². The summed E-state index contributed by atoms with van der Waals surface area (Å²) in [4.78, 5) is 1.89. The highest BCUT2D eigenvalue weighted by Crippen LogP contribution is 2.21. The second kappa shape index (κ2) is 5.06. The third-order valence-corrected chi connectivity index (χ3v) is 2.52. The average Bonchev–Trinajstić information content (AvgIpc) is 2.76. The number of aromatic nitrogens is 1. The molecule has 0 bridgehead atoms. The number of hydrogen-bond acceptors (Lipinski definition) is 1. The smallest absolute Gasteiger partial charge is 0.111 e. The summed E-state index contributed by atoms with van der Waals surface area (Å²) < 4.78 is 1.78. The summed E-state index contributed by atoms with van der Waals surface area (Å²) in [7, 11) is 3.88. The van der Waals surface area contributed by atoms with Gasteiger partial charge in [-0.05, 0) is 23.8 Å². The molecule has 0 fully saturated rings. The van der Waals surface area contributed by atoms with Crippen molar-refractivity contribution in [3.63, 3.8) is 0 Å². The van der Waals surface area contributed by atoms with Crippen LogP contribution in [0, 0.1) is 0 Å². The molecule has 88 valence electrons. The van der Waals surface area contributed by atoms with Crippen LogP contribution in [0.4, 0.5) is 0 Å². The molecule has 0 aliphatic carbocycles. The van der Waals surface area contributed by atoms with Crippen LogP contribution in [-0.2, 0) is 0 Å². The van der Waals surface area contributed by atoms with E-state index in [1.165, 1.54) is 0 Å². The van der Waals surface area contributed by atoms with Gasteiger partial charge in [0.2, 0.25) is 0 Å². The molecule has 2 rings (SSSR count). The van der Waals surface area contributed by atoms with E-state index < -0.39 is 0 Å². The maximum absolute atomic E-state index is 5.85. The summed E-state index contributed by atoms with van der Waals surface area (Å²) in [5.41, 5.74) is 2.26. The van der Waals surface area contributed by atoms with E-state index in [1.54, 1.807) is 11.0 Å². The summed E-state index contributed by atoms with van der Waals surface area (Å²) >= 11 is 5.85. The van der Waals surface area contributed by atoms with Gasteiger partial charge < -0.3 is 4.90 Å². The Balaban J connectivity index is 2.21. The summed E-state index contributed by atoms with van der Waals surface area (Å²) in [5, 5.41) is 5.01. The molecule has 0 aliphatic heterocycles. The lowest BCUT2D eigenvalue weighted by Gasteiger charge is -2.01. The quantitative estimate of drug-likeness (QED) is 0.603. The lowest BCUT2D eigenvalue weighted by Crippen LogP contribution is -2.08. The molecule has 0 saturated carbocycles. The molecule has 2 aromatic rings. The maximum atomic E-state index is 5.85. The van der Waals surface area contributed by atoms with E-state index in [0.717, 1.165) is 16.1 Å². The van der Waals surface area contributed by atoms with Crippen molar-refractivity contribution in [2.75, 3.05) is 14.1 Å². The Bertz CT molecular complexity index is 512. The van der Waals surface area contributed by atoms with Crippen LogP contribution in [0.1, 0.15) is 0 Å². The highest BCUT2D eigenvalue weighted by atomic mass is 35.5. The first-order valence-corrected chi connectivity index (χ1v) is 5.68. The van der Waals surface area contributed by atoms with Crippen LogP contribution in [0.15, 0.2) is 47.8 Å². The van der Waals surface area contributed by atoms with Crippen molar-refractivity contribution in [2.45, 2.75) is 0 Å². The monoisotopic (exact) mass is 247 g/mol. The van der Waals surface area contributed by atoms with Gasteiger partial charge in [0.05, 0.1) is 0 Å². The SMILES string of the molecule is CN(C)/C=N\n1ccc(-c2ccc(Cl)cc2)c1. The van der Waals surface area contributed by atoms with Gasteiger partial charge in [0, 0.05) is 37.1 Å². The van der Waals surface area contributed by atoms with Crippen LogP contribution in [-0.4, -0.2) is 30.0 Å². The zero-order valence-electron chi connectivity index (χ0n) is 9.84. The predicted octanol–water partition coefficient (Wildman–Crippen LogP) is 3.16. The minimum absolute atomic E-state index is 0.749. The Labute approximate surface area is 106 Å². The van der Waals surface area contributed by atoms with Crippen LogP contribution in [0.5, 0.6) is 0 Å². The zero-order valence-corrected chi connectivity index (χ0v) is 10.6. The van der Waals surface area contributed by atoms with Crippen molar-refractivity contribution in [3.8, 4) is 11.1 Å². The number of hydrogen-bond donors (Lipinski definition) is 0. The fourth-order valence-electron chi connectivity index (χ4n) is 1.43. The van der Waals surface area contributed by atoms with Gasteiger partial charge in [-0.2, -0.15) is 5.10 Å². The normalized spacial score (nSPS) is 11.0. The van der Waals surface area contributed by atoms with Crippen LogP contribution < -0.4 is 0 Å². The van der Waals surface area contributed by atoms with E-state index in [-0.39, 0.29) is 0 Å². The Hall–Kier alpha value is -1.74. The summed E-state index contributed by atoms with van der Waals surface area (Å²) in [5.74, 6) is 0. The average molecular weight is 248 g/mol. The highest BCUT2D eigenvalue weighted by molar-refractivity contribution is 6.30. The second-order valence-corrected chi connectivity index (χ2v) is 4.42. The van der Waals surface area contributed by atoms with Gasteiger partial charge >= 0.3 is 0 Å². The predicted molar refractivity (Wildman–Crippen MR) is 72.5 cm³/mol. The molecule has 0 spiro atoms. The highest BCUT2D eigenvalue weighted by Gasteiger charge is 1.99. The molecule has 4 heteroatoms. The molecule has 0 aliphatic rings. The fourth-order valence-corrected chi connectivity index (χ4v) is 1.56. The Morgan fingerprint density at radius 3 is 2.47 bits per heavy atom. The molecule has 0 unspecified atom stereocenters. The molecule has 0 radical (unpaired) electrons. The first-order valence-electron chi connectivity index (χ1n) is 5.30. The van der Waals surface area contributed by atoms with Crippen molar-refractivity contribution < 1.29 is 0 Å². The van der Waals surface area contributed by atoms with Crippen LogP contribution in [0.2, 0.25) is 5.02 Å². The van der Waals surface area contributed by atoms with E-state index >= 15 is 0 Å². The van der Waals surface area contributed by atoms with E-state index in [4.69, 9.17) is 11.6 Å². The van der Waals surface area contributed by atoms with Crippen molar-refractivity contribution in [1.82, 2.24) is 9.58 Å². The maximum Gasteiger partial charge on any atom is 0.111 e. The molecule has 0 atom stereocenters. The van der Waals surface area contributed by atoms with E-state index in [1.807, 2.05) is 61.7 Å². The third-order valence-electron chi connectivity index (χ3n) is 2.27. The minimum atomic E-state index is 0.749. The summed E-state index contributed by atoms with van der Waals surface area (Å²) in [6.45, 7) is 0. The fraction of sp³-hybridized carbons (Fsp3) is 0.154. The number of benzene rings is 1. The first kappa shape index (κ1) is 11.7. The number of halogens is 1. The molecule has 17 heavy (non-hydrogen) atoms. The van der Waals surface area contributed by atoms with Crippen LogP contribution >= 0.6 is 11.6 Å². The van der Waals surface area contributed by atoms with E-state index in [9.17, 15) is 0 Å².